The van der Waals surface area contributed by atoms with Crippen LogP contribution in [0.15, 0.2) is 24.3 Å². The van der Waals surface area contributed by atoms with Crippen molar-refractivity contribution >= 4 is 0 Å². The minimum absolute atomic E-state index is 0.315. The smallest absolute Gasteiger partial charge is 0.119 e. The Morgan fingerprint density at radius 2 is 1.81 bits per heavy atom. The summed E-state index contributed by atoms with van der Waals surface area (Å²) in [7, 11) is 0. The summed E-state index contributed by atoms with van der Waals surface area (Å²) in [5.41, 5.74) is 7.41. The molecule has 2 rings (SSSR count). The molecule has 1 aromatic carbocycles. The van der Waals surface area contributed by atoms with E-state index >= 15 is 0 Å². The largest absolute Gasteiger partial charge is 0.494 e. The highest BCUT2D eigenvalue weighted by atomic mass is 16.5. The summed E-state index contributed by atoms with van der Waals surface area (Å²) < 4.78 is 5.67. The summed E-state index contributed by atoms with van der Waals surface area (Å²) in [5, 5.41) is 0. The molecule has 0 aliphatic carbocycles. The molecule has 21 heavy (non-hydrogen) atoms. The fourth-order valence-electron chi connectivity index (χ4n) is 3.49. The van der Waals surface area contributed by atoms with Crippen molar-refractivity contribution in [3.63, 3.8) is 0 Å². The molecular formula is C18H30N2O. The van der Waals surface area contributed by atoms with Crippen LogP contribution in [0.5, 0.6) is 5.75 Å². The van der Waals surface area contributed by atoms with Gasteiger partial charge in [0, 0.05) is 24.7 Å². The molecule has 0 spiro atoms. The zero-order chi connectivity index (χ0) is 15.2. The third-order valence-corrected chi connectivity index (χ3v) is 4.58. The van der Waals surface area contributed by atoms with E-state index in [1.807, 2.05) is 0 Å². The molecule has 118 valence electrons. The number of ether oxygens (including phenoxy) is 1. The second kappa shape index (κ2) is 7.81. The molecule has 0 saturated carbocycles. The number of hydrogen-bond acceptors (Lipinski definition) is 3. The van der Waals surface area contributed by atoms with Crippen LogP contribution in [0.2, 0.25) is 0 Å². The van der Waals surface area contributed by atoms with Gasteiger partial charge in [0.2, 0.25) is 0 Å². The van der Waals surface area contributed by atoms with E-state index in [1.165, 1.54) is 24.8 Å². The van der Waals surface area contributed by atoms with Gasteiger partial charge in [-0.1, -0.05) is 25.5 Å². The topological polar surface area (TPSA) is 38.5 Å². The Morgan fingerprint density at radius 1 is 1.19 bits per heavy atom. The van der Waals surface area contributed by atoms with E-state index < -0.39 is 0 Å². The van der Waals surface area contributed by atoms with Crippen LogP contribution in [0.1, 0.15) is 58.1 Å². The monoisotopic (exact) mass is 290 g/mol. The highest BCUT2D eigenvalue weighted by Gasteiger charge is 2.31. The predicted molar refractivity (Wildman–Crippen MR) is 88.6 cm³/mol. The molecule has 0 amide bonds. The van der Waals surface area contributed by atoms with Crippen LogP contribution in [0, 0.1) is 0 Å². The molecular weight excluding hydrogens is 260 g/mol. The standard InChI is InChI=1S/C18H30N2O/c1-4-12-21-17-10-8-16(9-11-17)18(13-19)20-14(2)6-5-7-15(20)3/h8-11,14-15,18H,4-7,12-13,19H2,1-3H3/t14-,15+,18?. The zero-order valence-electron chi connectivity index (χ0n) is 13.7. The van der Waals surface area contributed by atoms with Gasteiger partial charge in [-0.05, 0) is 50.8 Å². The summed E-state index contributed by atoms with van der Waals surface area (Å²) in [6.07, 6.45) is 4.92. The van der Waals surface area contributed by atoms with E-state index in [2.05, 4.69) is 49.9 Å². The van der Waals surface area contributed by atoms with Crippen molar-refractivity contribution in [2.24, 2.45) is 5.73 Å². The molecule has 0 radical (unpaired) electrons. The minimum Gasteiger partial charge on any atom is -0.494 e. The summed E-state index contributed by atoms with van der Waals surface area (Å²) in [4.78, 5) is 2.60. The van der Waals surface area contributed by atoms with Crippen molar-refractivity contribution in [2.45, 2.75) is 64.6 Å². The van der Waals surface area contributed by atoms with Gasteiger partial charge in [0.1, 0.15) is 5.75 Å². The number of benzene rings is 1. The SMILES string of the molecule is CCCOc1ccc(C(CN)N2[C@H](C)CCC[C@@H]2C)cc1. The molecule has 3 nitrogen and oxygen atoms in total. The highest BCUT2D eigenvalue weighted by molar-refractivity contribution is 5.29. The lowest BCUT2D eigenvalue weighted by Gasteiger charge is -2.44. The molecule has 3 atom stereocenters. The van der Waals surface area contributed by atoms with Gasteiger partial charge < -0.3 is 10.5 Å². The lowest BCUT2D eigenvalue weighted by molar-refractivity contribution is 0.0577. The second-order valence-electron chi connectivity index (χ2n) is 6.25. The van der Waals surface area contributed by atoms with Crippen LogP contribution in [-0.4, -0.2) is 30.1 Å². The molecule has 1 heterocycles. The number of nitrogens with two attached hydrogens (primary N) is 1. The Morgan fingerprint density at radius 3 is 2.33 bits per heavy atom. The van der Waals surface area contributed by atoms with E-state index in [1.54, 1.807) is 0 Å². The van der Waals surface area contributed by atoms with Gasteiger partial charge in [-0.3, -0.25) is 4.90 Å². The lowest BCUT2D eigenvalue weighted by atomic mass is 9.92. The van der Waals surface area contributed by atoms with E-state index in [0.29, 0.717) is 24.7 Å². The van der Waals surface area contributed by atoms with Crippen molar-refractivity contribution in [1.82, 2.24) is 4.90 Å². The Kier molecular flexibility index (Phi) is 6.07. The van der Waals surface area contributed by atoms with Crippen LogP contribution in [0.4, 0.5) is 0 Å². The van der Waals surface area contributed by atoms with Gasteiger partial charge in [0.25, 0.3) is 0 Å². The van der Waals surface area contributed by atoms with Gasteiger partial charge in [0.15, 0.2) is 0 Å². The molecule has 1 aliphatic heterocycles. The van der Waals surface area contributed by atoms with E-state index in [-0.39, 0.29) is 0 Å². The van der Waals surface area contributed by atoms with Crippen LogP contribution >= 0.6 is 0 Å². The predicted octanol–water partition coefficient (Wildman–Crippen LogP) is 3.74. The van der Waals surface area contributed by atoms with E-state index in [0.717, 1.165) is 18.8 Å². The van der Waals surface area contributed by atoms with Crippen molar-refractivity contribution in [3.8, 4) is 5.75 Å². The Labute approximate surface area is 129 Å². The number of piperidine rings is 1. The average molecular weight is 290 g/mol. The molecule has 2 N–H and O–H groups in total. The van der Waals surface area contributed by atoms with Crippen molar-refractivity contribution in [3.05, 3.63) is 29.8 Å². The lowest BCUT2D eigenvalue weighted by Crippen LogP contribution is -2.48. The first-order valence-electron chi connectivity index (χ1n) is 8.37. The fourth-order valence-corrected chi connectivity index (χ4v) is 3.49. The first-order valence-corrected chi connectivity index (χ1v) is 8.37. The molecule has 1 aliphatic rings. The van der Waals surface area contributed by atoms with Gasteiger partial charge in [-0.15, -0.1) is 0 Å². The van der Waals surface area contributed by atoms with Crippen LogP contribution < -0.4 is 10.5 Å². The molecule has 1 fully saturated rings. The molecule has 0 aromatic heterocycles. The normalized spacial score (nSPS) is 24.8. The number of nitrogens with zero attached hydrogens (tertiary/aromatic N) is 1. The van der Waals surface area contributed by atoms with Gasteiger partial charge in [-0.25, -0.2) is 0 Å². The Balaban J connectivity index is 2.12. The van der Waals surface area contributed by atoms with E-state index in [4.69, 9.17) is 10.5 Å². The fraction of sp³-hybridized carbons (Fsp3) is 0.667. The van der Waals surface area contributed by atoms with Crippen LogP contribution in [-0.2, 0) is 0 Å². The van der Waals surface area contributed by atoms with Gasteiger partial charge in [0.05, 0.1) is 6.61 Å². The number of hydrogen-bond donors (Lipinski definition) is 1. The summed E-state index contributed by atoms with van der Waals surface area (Å²) in [5.74, 6) is 0.955. The third kappa shape index (κ3) is 3.98. The minimum atomic E-state index is 0.315. The summed E-state index contributed by atoms with van der Waals surface area (Å²) in [6, 6.07) is 10.0. The molecule has 1 aromatic rings. The van der Waals surface area contributed by atoms with Gasteiger partial charge >= 0.3 is 0 Å². The maximum absolute atomic E-state index is 6.11. The first kappa shape index (κ1) is 16.3. The Bertz CT molecular complexity index is 408. The summed E-state index contributed by atoms with van der Waals surface area (Å²) in [6.45, 7) is 8.23. The highest BCUT2D eigenvalue weighted by Crippen LogP contribution is 2.32. The maximum Gasteiger partial charge on any atom is 0.119 e. The molecule has 1 unspecified atom stereocenters. The average Bonchev–Trinajstić information content (AvgIpc) is 2.50. The molecule has 1 saturated heterocycles. The molecule has 0 bridgehead atoms. The first-order chi connectivity index (χ1) is 10.2. The Hall–Kier alpha value is -1.06. The zero-order valence-corrected chi connectivity index (χ0v) is 13.7. The maximum atomic E-state index is 6.11. The quantitative estimate of drug-likeness (QED) is 0.867. The van der Waals surface area contributed by atoms with Crippen LogP contribution in [0.25, 0.3) is 0 Å². The van der Waals surface area contributed by atoms with Crippen molar-refractivity contribution in [1.29, 1.82) is 0 Å². The molecule has 3 heteroatoms. The number of rotatable bonds is 6. The summed E-state index contributed by atoms with van der Waals surface area (Å²) >= 11 is 0. The second-order valence-corrected chi connectivity index (χ2v) is 6.25. The third-order valence-electron chi connectivity index (χ3n) is 4.58. The van der Waals surface area contributed by atoms with Gasteiger partial charge in [-0.2, -0.15) is 0 Å². The van der Waals surface area contributed by atoms with Crippen molar-refractivity contribution in [2.75, 3.05) is 13.2 Å². The van der Waals surface area contributed by atoms with Crippen LogP contribution in [0.3, 0.4) is 0 Å². The number of likely N-dealkylation sites (tertiary alicyclic amines) is 1. The van der Waals surface area contributed by atoms with E-state index in [9.17, 15) is 0 Å². The van der Waals surface area contributed by atoms with Crippen molar-refractivity contribution < 1.29 is 4.74 Å².